The summed E-state index contributed by atoms with van der Waals surface area (Å²) in [4.78, 5) is 0. The van der Waals surface area contributed by atoms with Gasteiger partial charge in [-0.25, -0.2) is 0 Å². The Hall–Kier alpha value is -0.160. The lowest BCUT2D eigenvalue weighted by Gasteiger charge is -2.33. The summed E-state index contributed by atoms with van der Waals surface area (Å²) in [6.45, 7) is 2.40. The van der Waals surface area contributed by atoms with Gasteiger partial charge >= 0.3 is 0 Å². The Balaban J connectivity index is 2.08. The normalized spacial score (nSPS) is 30.9. The molecule has 0 bridgehead atoms. The van der Waals surface area contributed by atoms with E-state index in [9.17, 15) is 5.11 Å². The van der Waals surface area contributed by atoms with E-state index >= 15 is 0 Å². The highest BCUT2D eigenvalue weighted by Crippen LogP contribution is 2.53. The van der Waals surface area contributed by atoms with E-state index in [-0.39, 0.29) is 5.41 Å². The van der Waals surface area contributed by atoms with Crippen molar-refractivity contribution in [3.63, 3.8) is 0 Å². The molecule has 1 saturated heterocycles. The van der Waals surface area contributed by atoms with Gasteiger partial charge < -0.3 is 20.3 Å². The highest BCUT2D eigenvalue weighted by Gasteiger charge is 2.58. The zero-order valence-corrected chi connectivity index (χ0v) is 7.79. The van der Waals surface area contributed by atoms with E-state index in [4.69, 9.17) is 15.2 Å². The fourth-order valence-corrected chi connectivity index (χ4v) is 1.96. The molecule has 0 radical (unpaired) electrons. The minimum Gasteiger partial charge on any atom is -0.384 e. The minimum absolute atomic E-state index is 0.128. The Morgan fingerprint density at radius 3 is 2.08 bits per heavy atom. The van der Waals surface area contributed by atoms with Crippen LogP contribution < -0.4 is 5.73 Å². The molecule has 2 rings (SSSR count). The van der Waals surface area contributed by atoms with Crippen molar-refractivity contribution in [1.29, 1.82) is 0 Å². The Bertz CT molecular complexity index is 183. The third-order valence-electron chi connectivity index (χ3n) is 3.29. The van der Waals surface area contributed by atoms with Crippen LogP contribution in [0.3, 0.4) is 0 Å². The second-order valence-corrected chi connectivity index (χ2v) is 4.12. The van der Waals surface area contributed by atoms with Crippen LogP contribution in [0, 0.1) is 5.41 Å². The molecule has 1 saturated carbocycles. The van der Waals surface area contributed by atoms with Gasteiger partial charge in [-0.2, -0.15) is 0 Å². The molecule has 2 fully saturated rings. The first-order valence-corrected chi connectivity index (χ1v) is 4.80. The van der Waals surface area contributed by atoms with Gasteiger partial charge in [-0.1, -0.05) is 0 Å². The predicted molar refractivity (Wildman–Crippen MR) is 47.3 cm³/mol. The molecule has 0 aromatic rings. The maximum absolute atomic E-state index is 10.3. The molecule has 0 aromatic carbocycles. The van der Waals surface area contributed by atoms with Crippen molar-refractivity contribution >= 4 is 0 Å². The molecule has 4 nitrogen and oxygen atoms in total. The molecule has 0 atom stereocenters. The third-order valence-corrected chi connectivity index (χ3v) is 3.29. The van der Waals surface area contributed by atoms with E-state index < -0.39 is 5.60 Å². The van der Waals surface area contributed by atoms with E-state index in [1.54, 1.807) is 0 Å². The van der Waals surface area contributed by atoms with Crippen LogP contribution in [-0.2, 0) is 9.47 Å². The quantitative estimate of drug-likeness (QED) is 0.612. The third kappa shape index (κ3) is 1.48. The van der Waals surface area contributed by atoms with Gasteiger partial charge in [-0.05, 0) is 12.8 Å². The summed E-state index contributed by atoms with van der Waals surface area (Å²) in [5, 5.41) is 10.3. The molecule has 1 aliphatic heterocycles. The summed E-state index contributed by atoms with van der Waals surface area (Å²) in [6.07, 6.45) is 1.99. The number of ether oxygens (including phenoxy) is 2. The largest absolute Gasteiger partial charge is 0.384 e. The Morgan fingerprint density at radius 2 is 1.69 bits per heavy atom. The summed E-state index contributed by atoms with van der Waals surface area (Å²) in [5.41, 5.74) is 4.69. The fraction of sp³-hybridized carbons (Fsp3) is 1.00. The van der Waals surface area contributed by atoms with Crippen LogP contribution in [0.2, 0.25) is 0 Å². The molecule has 0 aromatic heterocycles. The zero-order chi connectivity index (χ0) is 9.36. The van der Waals surface area contributed by atoms with Crippen LogP contribution >= 0.6 is 0 Å². The Morgan fingerprint density at radius 1 is 1.15 bits per heavy atom. The van der Waals surface area contributed by atoms with E-state index in [0.29, 0.717) is 33.0 Å². The Labute approximate surface area is 78.0 Å². The van der Waals surface area contributed by atoms with E-state index in [1.165, 1.54) is 0 Å². The van der Waals surface area contributed by atoms with Crippen molar-refractivity contribution in [2.24, 2.45) is 11.1 Å². The van der Waals surface area contributed by atoms with Gasteiger partial charge in [0, 0.05) is 12.0 Å². The van der Waals surface area contributed by atoms with Crippen molar-refractivity contribution in [3.8, 4) is 0 Å². The van der Waals surface area contributed by atoms with Crippen molar-refractivity contribution < 1.29 is 14.6 Å². The lowest BCUT2D eigenvalue weighted by atomic mass is 9.85. The first-order valence-electron chi connectivity index (χ1n) is 4.80. The van der Waals surface area contributed by atoms with Gasteiger partial charge in [0.2, 0.25) is 0 Å². The van der Waals surface area contributed by atoms with Crippen LogP contribution in [0.15, 0.2) is 0 Å². The average Bonchev–Trinajstić information content (AvgIpc) is 2.89. The highest BCUT2D eigenvalue weighted by atomic mass is 16.6. The van der Waals surface area contributed by atoms with E-state index in [1.807, 2.05) is 0 Å². The summed E-state index contributed by atoms with van der Waals surface area (Å²) in [6, 6.07) is 0. The predicted octanol–water partition coefficient (Wildman–Crippen LogP) is -0.497. The maximum atomic E-state index is 10.3. The van der Waals surface area contributed by atoms with Crippen molar-refractivity contribution in [2.45, 2.75) is 18.4 Å². The summed E-state index contributed by atoms with van der Waals surface area (Å²) < 4.78 is 10.6. The van der Waals surface area contributed by atoms with Gasteiger partial charge in [-0.3, -0.25) is 0 Å². The van der Waals surface area contributed by atoms with Crippen molar-refractivity contribution in [1.82, 2.24) is 0 Å². The highest BCUT2D eigenvalue weighted by molar-refractivity contribution is 5.09. The number of aliphatic hydroxyl groups is 1. The molecule has 4 heteroatoms. The lowest BCUT2D eigenvalue weighted by Crippen LogP contribution is -2.50. The SMILES string of the molecule is NCC1(C2(O)COCCOC2)CC1. The minimum atomic E-state index is -0.849. The fourth-order valence-electron chi connectivity index (χ4n) is 1.96. The van der Waals surface area contributed by atoms with Crippen LogP contribution in [0.25, 0.3) is 0 Å². The molecular formula is C9H17NO3. The molecule has 0 amide bonds. The van der Waals surface area contributed by atoms with E-state index in [0.717, 1.165) is 12.8 Å². The van der Waals surface area contributed by atoms with Gasteiger partial charge in [0.1, 0.15) is 5.60 Å². The summed E-state index contributed by atoms with van der Waals surface area (Å²) in [7, 11) is 0. The first-order chi connectivity index (χ1) is 6.22. The molecule has 2 aliphatic rings. The van der Waals surface area contributed by atoms with Gasteiger partial charge in [-0.15, -0.1) is 0 Å². The van der Waals surface area contributed by atoms with Crippen LogP contribution in [0.5, 0.6) is 0 Å². The zero-order valence-electron chi connectivity index (χ0n) is 7.79. The van der Waals surface area contributed by atoms with Gasteiger partial charge in [0.25, 0.3) is 0 Å². The molecule has 1 aliphatic carbocycles. The molecule has 76 valence electrons. The summed E-state index contributed by atoms with van der Waals surface area (Å²) in [5.74, 6) is 0. The van der Waals surface area contributed by atoms with Gasteiger partial charge in [0.15, 0.2) is 0 Å². The maximum Gasteiger partial charge on any atom is 0.118 e. The molecule has 0 spiro atoms. The smallest absolute Gasteiger partial charge is 0.118 e. The second kappa shape index (κ2) is 3.20. The second-order valence-electron chi connectivity index (χ2n) is 4.12. The number of hydrogen-bond donors (Lipinski definition) is 2. The standard InChI is InChI=1S/C9H17NO3/c10-5-8(1-2-8)9(11)6-12-3-4-13-7-9/h11H,1-7,10H2. The van der Waals surface area contributed by atoms with Gasteiger partial charge in [0.05, 0.1) is 26.4 Å². The molecular weight excluding hydrogens is 170 g/mol. The van der Waals surface area contributed by atoms with Crippen molar-refractivity contribution in [3.05, 3.63) is 0 Å². The lowest BCUT2D eigenvalue weighted by molar-refractivity contribution is -0.103. The van der Waals surface area contributed by atoms with Crippen molar-refractivity contribution in [2.75, 3.05) is 33.0 Å². The number of hydrogen-bond acceptors (Lipinski definition) is 4. The number of rotatable bonds is 2. The van der Waals surface area contributed by atoms with E-state index in [2.05, 4.69) is 0 Å². The summed E-state index contributed by atoms with van der Waals surface area (Å²) >= 11 is 0. The monoisotopic (exact) mass is 187 g/mol. The molecule has 3 N–H and O–H groups in total. The average molecular weight is 187 g/mol. The molecule has 1 heterocycles. The van der Waals surface area contributed by atoms with Crippen LogP contribution in [0.4, 0.5) is 0 Å². The number of nitrogens with two attached hydrogens (primary N) is 1. The van der Waals surface area contributed by atoms with Crippen LogP contribution in [-0.4, -0.2) is 43.7 Å². The topological polar surface area (TPSA) is 64.7 Å². The molecule has 13 heavy (non-hydrogen) atoms. The molecule has 0 unspecified atom stereocenters. The van der Waals surface area contributed by atoms with Crippen LogP contribution in [0.1, 0.15) is 12.8 Å². The first kappa shape index (κ1) is 9.40. The Kier molecular flexibility index (Phi) is 2.32.